The zero-order chi connectivity index (χ0) is 30.5. The summed E-state index contributed by atoms with van der Waals surface area (Å²) in [6.07, 6.45) is -0.837. The SMILES string of the molecule is COc1ccc(COC(=O)C2=C(COC(=O)NCC(Cl)(Cl)Cl)CS[C@@H]3N2C(=O)C3(NC(=O)Cc2cccs2)OC)cc1. The van der Waals surface area contributed by atoms with Crippen LogP contribution in [0.2, 0.25) is 0 Å². The number of nitrogens with zero attached hydrogens (tertiary/aromatic N) is 1. The molecule has 2 aliphatic heterocycles. The summed E-state index contributed by atoms with van der Waals surface area (Å²) in [5.74, 6) is -1.11. The second kappa shape index (κ2) is 13.7. The number of hydrogen-bond acceptors (Lipinski definition) is 10. The van der Waals surface area contributed by atoms with Gasteiger partial charge in [-0.25, -0.2) is 9.59 Å². The van der Waals surface area contributed by atoms with Crippen LogP contribution in [0.5, 0.6) is 5.75 Å². The van der Waals surface area contributed by atoms with E-state index < -0.39 is 38.8 Å². The number of esters is 1. The van der Waals surface area contributed by atoms with Crippen molar-refractivity contribution in [2.24, 2.45) is 0 Å². The molecule has 16 heteroatoms. The van der Waals surface area contributed by atoms with Crippen LogP contribution in [-0.4, -0.2) is 76.8 Å². The van der Waals surface area contributed by atoms with Crippen molar-refractivity contribution in [3.63, 3.8) is 0 Å². The lowest BCUT2D eigenvalue weighted by molar-refractivity contribution is -0.193. The van der Waals surface area contributed by atoms with Crippen LogP contribution in [-0.2, 0) is 41.6 Å². The Bertz CT molecular complexity index is 1350. The molecule has 0 spiro atoms. The van der Waals surface area contributed by atoms with Crippen LogP contribution >= 0.6 is 57.9 Å². The molecule has 0 aliphatic carbocycles. The fraction of sp³-hybridized carbons (Fsp3) is 0.385. The van der Waals surface area contributed by atoms with Crippen molar-refractivity contribution in [3.05, 3.63) is 63.5 Å². The summed E-state index contributed by atoms with van der Waals surface area (Å²) < 4.78 is 19.8. The number of fused-ring (bicyclic) bond motifs is 1. The predicted molar refractivity (Wildman–Crippen MR) is 158 cm³/mol. The second-order valence-corrected chi connectivity index (χ2v) is 13.6. The smallest absolute Gasteiger partial charge is 0.407 e. The molecule has 42 heavy (non-hydrogen) atoms. The van der Waals surface area contributed by atoms with Gasteiger partial charge in [-0.3, -0.25) is 14.5 Å². The number of thiophene rings is 1. The Morgan fingerprint density at radius 2 is 1.83 bits per heavy atom. The Morgan fingerprint density at radius 3 is 2.45 bits per heavy atom. The van der Waals surface area contributed by atoms with Gasteiger partial charge in [0.2, 0.25) is 9.70 Å². The van der Waals surface area contributed by atoms with Crippen molar-refractivity contribution in [2.75, 3.05) is 33.1 Å². The first-order valence-corrected chi connectivity index (χ1v) is 15.4. The van der Waals surface area contributed by atoms with E-state index in [9.17, 15) is 19.2 Å². The predicted octanol–water partition coefficient (Wildman–Crippen LogP) is 3.77. The minimum Gasteiger partial charge on any atom is -0.497 e. The topological polar surface area (TPSA) is 132 Å². The summed E-state index contributed by atoms with van der Waals surface area (Å²) in [5, 5.41) is 6.07. The number of ether oxygens (including phenoxy) is 4. The van der Waals surface area contributed by atoms with Crippen molar-refractivity contribution in [1.29, 1.82) is 0 Å². The molecule has 0 radical (unpaired) electrons. The molecule has 11 nitrogen and oxygen atoms in total. The number of alkyl halides is 3. The number of hydrogen-bond donors (Lipinski definition) is 2. The van der Waals surface area contributed by atoms with Gasteiger partial charge in [0, 0.05) is 23.3 Å². The third-order valence-corrected chi connectivity index (χ3v) is 8.86. The summed E-state index contributed by atoms with van der Waals surface area (Å²) in [7, 11) is 2.84. The molecular weight excluding hydrogens is 653 g/mol. The Balaban J connectivity index is 1.53. The number of benzene rings is 1. The molecule has 1 aromatic heterocycles. The normalized spacial score (nSPS) is 19.9. The van der Waals surface area contributed by atoms with Crippen molar-refractivity contribution < 1.29 is 38.1 Å². The Morgan fingerprint density at radius 1 is 1.10 bits per heavy atom. The highest BCUT2D eigenvalue weighted by Gasteiger charge is 2.66. The van der Waals surface area contributed by atoms with Gasteiger partial charge in [0.1, 0.15) is 30.0 Å². The molecule has 0 saturated carbocycles. The minimum atomic E-state index is -1.73. The third-order valence-electron chi connectivity index (χ3n) is 6.21. The number of nitrogens with one attached hydrogen (secondary N) is 2. The maximum Gasteiger partial charge on any atom is 0.407 e. The number of amides is 3. The van der Waals surface area contributed by atoms with Crippen LogP contribution in [0.1, 0.15) is 10.4 Å². The summed E-state index contributed by atoms with van der Waals surface area (Å²) in [6.45, 7) is -0.765. The highest BCUT2D eigenvalue weighted by molar-refractivity contribution is 8.00. The molecule has 1 aromatic carbocycles. The van der Waals surface area contributed by atoms with Gasteiger partial charge in [-0.15, -0.1) is 23.1 Å². The number of halogens is 3. The quantitative estimate of drug-likeness (QED) is 0.158. The molecule has 1 unspecified atom stereocenters. The number of alkyl carbamates (subject to hydrolysis) is 1. The molecule has 4 rings (SSSR count). The van der Waals surface area contributed by atoms with E-state index in [0.717, 1.165) is 4.88 Å². The average Bonchev–Trinajstić information content (AvgIpc) is 3.48. The number of carbonyl (C=O) groups excluding carboxylic acids is 4. The van der Waals surface area contributed by atoms with Crippen molar-refractivity contribution in [1.82, 2.24) is 15.5 Å². The van der Waals surface area contributed by atoms with Crippen molar-refractivity contribution in [3.8, 4) is 5.75 Å². The van der Waals surface area contributed by atoms with Gasteiger partial charge in [0.15, 0.2) is 0 Å². The van der Waals surface area contributed by atoms with Crippen molar-refractivity contribution >= 4 is 81.8 Å². The second-order valence-electron chi connectivity index (χ2n) is 9.00. The molecule has 1 fully saturated rings. The highest BCUT2D eigenvalue weighted by atomic mass is 35.6. The standard InChI is InChI=1S/C26H26Cl3N3O8S2/c1-37-17-7-5-15(6-8-17)11-39-21(34)20-16(12-40-24(36)30-14-25(27,28)29)13-42-23-26(38-2,22(35)32(20)23)31-19(33)10-18-4-3-9-41-18/h3-9,23H,10-14H2,1-2H3,(H,30,36)(H,31,33)/t23-,26?/m0/s1. The molecule has 2 atom stereocenters. The van der Waals surface area contributed by atoms with E-state index in [-0.39, 0.29) is 37.6 Å². The first kappa shape index (κ1) is 32.2. The number of β-lactam (4-membered cyclic amide) rings is 1. The summed E-state index contributed by atoms with van der Waals surface area (Å²) in [5.41, 5.74) is -0.818. The molecular formula is C26H26Cl3N3O8S2. The van der Waals surface area contributed by atoms with Crippen LogP contribution in [0.25, 0.3) is 0 Å². The van der Waals surface area contributed by atoms with E-state index in [0.29, 0.717) is 16.9 Å². The van der Waals surface area contributed by atoms with Crippen molar-refractivity contribution in [2.45, 2.75) is 27.9 Å². The summed E-state index contributed by atoms with van der Waals surface area (Å²) in [4.78, 5) is 54.0. The van der Waals surface area contributed by atoms with Gasteiger partial charge >= 0.3 is 12.1 Å². The molecule has 0 bridgehead atoms. The number of methoxy groups -OCH3 is 2. The number of rotatable bonds is 11. The third kappa shape index (κ3) is 7.44. The fourth-order valence-electron chi connectivity index (χ4n) is 4.18. The first-order valence-electron chi connectivity index (χ1n) is 12.3. The van der Waals surface area contributed by atoms with E-state index >= 15 is 0 Å². The summed E-state index contributed by atoms with van der Waals surface area (Å²) in [6, 6.07) is 10.5. The van der Waals surface area contributed by atoms with Gasteiger partial charge in [0.05, 0.1) is 20.1 Å². The molecule has 2 aromatic rings. The van der Waals surface area contributed by atoms with Gasteiger partial charge in [-0.1, -0.05) is 53.0 Å². The number of carbonyl (C=O) groups is 4. The van der Waals surface area contributed by atoms with Crippen LogP contribution < -0.4 is 15.4 Å². The monoisotopic (exact) mass is 677 g/mol. The maximum absolute atomic E-state index is 13.6. The van der Waals surface area contributed by atoms with Gasteiger partial charge in [-0.05, 0) is 29.1 Å². The lowest BCUT2D eigenvalue weighted by Crippen LogP contribution is -2.80. The van der Waals surface area contributed by atoms with E-state index in [1.165, 1.54) is 42.2 Å². The molecule has 226 valence electrons. The maximum atomic E-state index is 13.6. The molecule has 2 aliphatic rings. The Kier molecular flexibility index (Phi) is 10.5. The van der Waals surface area contributed by atoms with E-state index in [1.807, 2.05) is 17.5 Å². The Hall–Kier alpha value is -2.68. The van der Waals surface area contributed by atoms with E-state index in [1.54, 1.807) is 24.3 Å². The van der Waals surface area contributed by atoms with E-state index in [4.69, 9.17) is 53.8 Å². The first-order chi connectivity index (χ1) is 20.0. The summed E-state index contributed by atoms with van der Waals surface area (Å²) >= 11 is 19.6. The molecule has 3 heterocycles. The zero-order valence-electron chi connectivity index (χ0n) is 22.3. The lowest BCUT2D eigenvalue weighted by atomic mass is 9.98. The number of thioether (sulfide) groups is 1. The van der Waals surface area contributed by atoms with Crippen LogP contribution in [0.3, 0.4) is 0 Å². The van der Waals surface area contributed by atoms with Crippen LogP contribution in [0.15, 0.2) is 53.0 Å². The zero-order valence-corrected chi connectivity index (χ0v) is 26.2. The van der Waals surface area contributed by atoms with E-state index in [2.05, 4.69) is 10.6 Å². The van der Waals surface area contributed by atoms with Gasteiger partial charge < -0.3 is 29.6 Å². The largest absolute Gasteiger partial charge is 0.497 e. The minimum absolute atomic E-state index is 0.0580. The fourth-order valence-corrected chi connectivity index (χ4v) is 6.50. The van der Waals surface area contributed by atoms with Gasteiger partial charge in [-0.2, -0.15) is 0 Å². The van der Waals surface area contributed by atoms with Crippen LogP contribution in [0.4, 0.5) is 4.79 Å². The molecule has 1 saturated heterocycles. The average molecular weight is 679 g/mol. The lowest BCUT2D eigenvalue weighted by Gasteiger charge is -2.55. The Labute approximate surface area is 264 Å². The molecule has 2 N–H and O–H groups in total. The van der Waals surface area contributed by atoms with Gasteiger partial charge in [0.25, 0.3) is 11.6 Å². The molecule has 3 amide bonds. The highest BCUT2D eigenvalue weighted by Crippen LogP contribution is 2.47. The van der Waals surface area contributed by atoms with Crippen LogP contribution in [0, 0.1) is 0 Å².